The van der Waals surface area contributed by atoms with Crippen LogP contribution in [0.5, 0.6) is 5.75 Å². The molecule has 1 unspecified atom stereocenters. The third kappa shape index (κ3) is 6.60. The van der Waals surface area contributed by atoms with Crippen molar-refractivity contribution >= 4 is 22.8 Å². The zero-order valence-electron chi connectivity index (χ0n) is 20.9. The van der Waals surface area contributed by atoms with Gasteiger partial charge in [0.25, 0.3) is 12.3 Å². The maximum Gasteiger partial charge on any atom is 0.272 e. The van der Waals surface area contributed by atoms with Crippen LogP contribution >= 0.6 is 0 Å². The Kier molecular flexibility index (Phi) is 7.96. The molecule has 202 valence electrons. The maximum absolute atomic E-state index is 14.3. The summed E-state index contributed by atoms with van der Waals surface area (Å²) in [6.07, 6.45) is 0.972. The van der Waals surface area contributed by atoms with Gasteiger partial charge in [-0.3, -0.25) is 14.8 Å². The molecule has 0 bridgehead atoms. The van der Waals surface area contributed by atoms with Gasteiger partial charge in [0, 0.05) is 12.3 Å². The minimum absolute atomic E-state index is 0.0428. The second-order valence-electron chi connectivity index (χ2n) is 9.09. The number of fused-ring (bicyclic) bond motifs is 1. The molecule has 1 atom stereocenters. The molecule has 0 spiro atoms. The van der Waals surface area contributed by atoms with E-state index in [2.05, 4.69) is 25.7 Å². The fraction of sp³-hybridized carbons (Fsp3) is 0.269. The van der Waals surface area contributed by atoms with E-state index in [1.165, 1.54) is 44.7 Å². The molecule has 0 saturated heterocycles. The largest absolute Gasteiger partial charge is 0.486 e. The van der Waals surface area contributed by atoms with E-state index in [1.54, 1.807) is 28.8 Å². The summed E-state index contributed by atoms with van der Waals surface area (Å²) in [7, 11) is 0. The lowest BCUT2D eigenvalue weighted by Gasteiger charge is -2.22. The Hall–Kier alpha value is -4.70. The van der Waals surface area contributed by atoms with Gasteiger partial charge in [-0.05, 0) is 38.1 Å². The van der Waals surface area contributed by atoms with Gasteiger partial charge in [0.2, 0.25) is 0 Å². The fourth-order valence-electron chi connectivity index (χ4n) is 3.54. The molecule has 0 fully saturated rings. The van der Waals surface area contributed by atoms with Crippen LogP contribution in [0.15, 0.2) is 55.1 Å². The number of amides is 1. The third-order valence-electron chi connectivity index (χ3n) is 5.62. The van der Waals surface area contributed by atoms with Crippen molar-refractivity contribution in [3.8, 4) is 23.2 Å². The second kappa shape index (κ2) is 11.4. The average Bonchev–Trinajstić information content (AvgIpc) is 3.33. The van der Waals surface area contributed by atoms with E-state index in [-0.39, 0.29) is 17.0 Å². The first-order valence-corrected chi connectivity index (χ1v) is 11.7. The molecule has 0 aliphatic carbocycles. The number of carbonyl (C=O) groups is 1. The van der Waals surface area contributed by atoms with E-state index in [0.29, 0.717) is 28.2 Å². The van der Waals surface area contributed by atoms with Crippen molar-refractivity contribution in [3.63, 3.8) is 0 Å². The first-order chi connectivity index (χ1) is 18.5. The van der Waals surface area contributed by atoms with E-state index in [1.807, 2.05) is 6.07 Å². The Morgan fingerprint density at radius 2 is 1.97 bits per heavy atom. The molecule has 4 aromatic rings. The summed E-state index contributed by atoms with van der Waals surface area (Å²) in [5.74, 6) is -0.584. The number of aromatic nitrogens is 4. The van der Waals surface area contributed by atoms with Crippen LogP contribution in [0.2, 0.25) is 0 Å². The maximum atomic E-state index is 14.3. The van der Waals surface area contributed by atoms with Crippen molar-refractivity contribution in [3.05, 3.63) is 66.2 Å². The van der Waals surface area contributed by atoms with Crippen LogP contribution in [-0.2, 0) is 0 Å². The average molecular weight is 540 g/mol. The zero-order chi connectivity index (χ0) is 28.2. The predicted molar refractivity (Wildman–Crippen MR) is 136 cm³/mol. The monoisotopic (exact) mass is 539 g/mol. The van der Waals surface area contributed by atoms with E-state index >= 15 is 0 Å². The molecule has 0 aromatic carbocycles. The Balaban J connectivity index is 1.69. The first kappa shape index (κ1) is 27.3. The quantitative estimate of drug-likeness (QED) is 0.276. The van der Waals surface area contributed by atoms with E-state index in [4.69, 9.17) is 10.00 Å². The molecule has 1 amide bonds. The van der Waals surface area contributed by atoms with Crippen molar-refractivity contribution in [1.82, 2.24) is 24.9 Å². The highest BCUT2D eigenvalue weighted by molar-refractivity contribution is 6.00. The van der Waals surface area contributed by atoms with Crippen molar-refractivity contribution in [2.75, 3.05) is 18.5 Å². The van der Waals surface area contributed by atoms with E-state index in [9.17, 15) is 23.1 Å². The molecule has 4 rings (SSSR count). The van der Waals surface area contributed by atoms with Crippen molar-refractivity contribution in [2.45, 2.75) is 32.0 Å². The molecule has 0 saturated carbocycles. The SMILES string of the molecule is CC(C)(O)C(F)CNC(=O)c1cnc(-c2ccc3cc(C#N)cnn23)cc1Nc1cncc(OCC(F)F)c1. The number of alkyl halides is 3. The van der Waals surface area contributed by atoms with Gasteiger partial charge in [0.05, 0.1) is 70.1 Å². The highest BCUT2D eigenvalue weighted by Gasteiger charge is 2.27. The van der Waals surface area contributed by atoms with Crippen molar-refractivity contribution in [1.29, 1.82) is 5.26 Å². The molecule has 10 nitrogen and oxygen atoms in total. The number of hydrogen-bond donors (Lipinski definition) is 3. The summed E-state index contributed by atoms with van der Waals surface area (Å²) in [4.78, 5) is 21.4. The van der Waals surface area contributed by atoms with E-state index < -0.39 is 37.3 Å². The molecule has 4 heterocycles. The summed E-state index contributed by atoms with van der Waals surface area (Å²) in [6.45, 7) is 1.32. The number of pyridine rings is 2. The summed E-state index contributed by atoms with van der Waals surface area (Å²) in [5.41, 5.74) is 0.948. The number of carbonyl (C=O) groups excluding carboxylic acids is 1. The molecule has 0 aliphatic heterocycles. The number of hydrogen-bond acceptors (Lipinski definition) is 8. The minimum atomic E-state index is -2.67. The molecule has 0 radical (unpaired) electrons. The van der Waals surface area contributed by atoms with Crippen LogP contribution in [0.25, 0.3) is 16.9 Å². The summed E-state index contributed by atoms with van der Waals surface area (Å²) < 4.78 is 46.0. The molecule has 3 N–H and O–H groups in total. The van der Waals surface area contributed by atoms with E-state index in [0.717, 1.165) is 0 Å². The van der Waals surface area contributed by atoms with Gasteiger partial charge >= 0.3 is 0 Å². The lowest BCUT2D eigenvalue weighted by atomic mass is 10.0. The van der Waals surface area contributed by atoms with Gasteiger partial charge in [-0.15, -0.1) is 0 Å². The molecule has 13 heteroatoms. The third-order valence-corrected chi connectivity index (χ3v) is 5.62. The number of nitrogens with zero attached hydrogens (tertiary/aromatic N) is 5. The van der Waals surface area contributed by atoms with Gasteiger partial charge in [-0.2, -0.15) is 10.4 Å². The smallest absolute Gasteiger partial charge is 0.272 e. The number of halogens is 3. The summed E-state index contributed by atoms with van der Waals surface area (Å²) in [6, 6.07) is 10.2. The molecular formula is C26H24F3N7O3. The summed E-state index contributed by atoms with van der Waals surface area (Å²) >= 11 is 0. The number of nitriles is 1. The number of rotatable bonds is 10. The molecule has 0 aliphatic rings. The number of anilines is 2. The van der Waals surface area contributed by atoms with Gasteiger partial charge in [-0.1, -0.05) is 0 Å². The number of ether oxygens (including phenoxy) is 1. The first-order valence-electron chi connectivity index (χ1n) is 11.7. The Bertz CT molecular complexity index is 1530. The van der Waals surface area contributed by atoms with Crippen LogP contribution in [0, 0.1) is 11.3 Å². The highest BCUT2D eigenvalue weighted by atomic mass is 19.3. The van der Waals surface area contributed by atoms with Gasteiger partial charge in [0.1, 0.15) is 24.6 Å². The fourth-order valence-corrected chi connectivity index (χ4v) is 3.54. The van der Waals surface area contributed by atoms with Gasteiger partial charge in [-0.25, -0.2) is 17.7 Å². The standard InChI is InChI=1S/C26H24F3N7O3/c1-26(2,38)23(27)13-33-25(37)19-12-32-21(22-4-3-17-5-15(8-30)9-34-36(17)22)7-20(19)35-16-6-18(11-31-10-16)39-14-24(28)29/h3-7,9-12,23-24,38H,13-14H2,1-2H3,(H,32,35)(H,33,37). The van der Waals surface area contributed by atoms with Crippen LogP contribution < -0.4 is 15.4 Å². The van der Waals surface area contributed by atoms with Crippen LogP contribution in [-0.4, -0.2) is 61.9 Å². The van der Waals surface area contributed by atoms with Gasteiger partial charge < -0.3 is 20.5 Å². The number of nitrogens with one attached hydrogen (secondary N) is 2. The van der Waals surface area contributed by atoms with Crippen molar-refractivity contribution in [2.24, 2.45) is 0 Å². The van der Waals surface area contributed by atoms with Crippen LogP contribution in [0.4, 0.5) is 24.5 Å². The summed E-state index contributed by atoms with van der Waals surface area (Å²) in [5, 5.41) is 28.7. The molecular weight excluding hydrogens is 515 g/mol. The molecule has 4 aromatic heterocycles. The topological polar surface area (TPSA) is 137 Å². The predicted octanol–water partition coefficient (Wildman–Crippen LogP) is 3.89. The second-order valence-corrected chi connectivity index (χ2v) is 9.09. The number of aliphatic hydroxyl groups is 1. The van der Waals surface area contributed by atoms with Crippen molar-refractivity contribution < 1.29 is 27.8 Å². The van der Waals surface area contributed by atoms with Gasteiger partial charge in [0.15, 0.2) is 0 Å². The molecule has 39 heavy (non-hydrogen) atoms. The minimum Gasteiger partial charge on any atom is -0.486 e. The highest BCUT2D eigenvalue weighted by Crippen LogP contribution is 2.28. The van der Waals surface area contributed by atoms with Crippen LogP contribution in [0.1, 0.15) is 29.8 Å². The lowest BCUT2D eigenvalue weighted by Crippen LogP contribution is -2.42. The lowest BCUT2D eigenvalue weighted by molar-refractivity contribution is -0.00177. The normalized spacial score (nSPS) is 12.3. The van der Waals surface area contributed by atoms with Crippen LogP contribution in [0.3, 0.4) is 0 Å². The Labute approximate surface area is 221 Å². The zero-order valence-corrected chi connectivity index (χ0v) is 20.9. The Morgan fingerprint density at radius 3 is 2.69 bits per heavy atom. The Morgan fingerprint density at radius 1 is 1.18 bits per heavy atom.